The maximum Gasteiger partial charge on any atom is 0.338 e. The zero-order chi connectivity index (χ0) is 26.6. The fourth-order valence-corrected chi connectivity index (χ4v) is 7.03. The zero-order valence-electron chi connectivity index (χ0n) is 21.2. The molecule has 1 aliphatic heterocycles. The number of methoxy groups -OCH3 is 1. The number of hydrogen-bond donors (Lipinski definition) is 0. The Balaban J connectivity index is 1.64. The average Bonchev–Trinajstić information content (AvgIpc) is 3.23. The first kappa shape index (κ1) is 27.2. The number of esters is 1. The van der Waals surface area contributed by atoms with Crippen LogP contribution in [0.5, 0.6) is 0 Å². The van der Waals surface area contributed by atoms with Crippen molar-refractivity contribution in [3.8, 4) is 0 Å². The Morgan fingerprint density at radius 1 is 1.14 bits per heavy atom. The van der Waals surface area contributed by atoms with Crippen molar-refractivity contribution in [2.75, 3.05) is 33.4 Å². The van der Waals surface area contributed by atoms with Gasteiger partial charge in [0, 0.05) is 32.3 Å². The van der Waals surface area contributed by atoms with Gasteiger partial charge in [0.05, 0.1) is 33.9 Å². The molecule has 1 amide bonds. The molecule has 1 fully saturated rings. The maximum absolute atomic E-state index is 13.0. The Morgan fingerprint density at radius 3 is 2.54 bits per heavy atom. The van der Waals surface area contributed by atoms with E-state index in [1.165, 1.54) is 39.9 Å². The lowest BCUT2D eigenvalue weighted by Gasteiger charge is -2.30. The lowest BCUT2D eigenvalue weighted by atomic mass is 10.0. The van der Waals surface area contributed by atoms with Crippen molar-refractivity contribution in [1.82, 2.24) is 8.87 Å². The summed E-state index contributed by atoms with van der Waals surface area (Å²) >= 11 is 1.28. The monoisotopic (exact) mass is 545 g/mol. The van der Waals surface area contributed by atoms with E-state index in [2.05, 4.69) is 11.9 Å². The first-order chi connectivity index (χ1) is 17.7. The molecule has 1 aromatic heterocycles. The number of ether oxygens (including phenoxy) is 2. The Labute approximate surface area is 220 Å². The van der Waals surface area contributed by atoms with Crippen LogP contribution in [0, 0.1) is 5.92 Å². The number of benzene rings is 2. The van der Waals surface area contributed by atoms with E-state index in [0.717, 1.165) is 23.1 Å². The molecule has 1 saturated heterocycles. The number of fused-ring (bicyclic) bond motifs is 1. The number of amides is 1. The molecule has 4 rings (SSSR count). The van der Waals surface area contributed by atoms with Gasteiger partial charge in [-0.15, -0.1) is 0 Å². The molecular formula is C26H31N3O6S2. The van der Waals surface area contributed by atoms with E-state index in [9.17, 15) is 18.0 Å². The van der Waals surface area contributed by atoms with Crippen LogP contribution in [0.25, 0.3) is 10.2 Å². The predicted octanol–water partition coefficient (Wildman–Crippen LogP) is 3.69. The SMILES string of the molecule is CCOC(=O)c1ccc2c(c1)sc(=NC(=O)c1ccc(S(=O)(=O)N3CCCC(C)C3)cc1)n2CCOC. The van der Waals surface area contributed by atoms with Crippen LogP contribution in [-0.2, 0) is 26.0 Å². The summed E-state index contributed by atoms with van der Waals surface area (Å²) in [5, 5.41) is 0. The number of carbonyl (C=O) groups is 2. The van der Waals surface area contributed by atoms with Crippen molar-refractivity contribution in [2.24, 2.45) is 10.9 Å². The molecule has 1 atom stereocenters. The largest absolute Gasteiger partial charge is 0.462 e. The van der Waals surface area contributed by atoms with Crippen molar-refractivity contribution in [1.29, 1.82) is 0 Å². The lowest BCUT2D eigenvalue weighted by molar-refractivity contribution is 0.0526. The molecule has 0 spiro atoms. The van der Waals surface area contributed by atoms with E-state index in [0.29, 0.717) is 42.5 Å². The first-order valence-electron chi connectivity index (χ1n) is 12.2. The van der Waals surface area contributed by atoms with Crippen molar-refractivity contribution >= 4 is 43.5 Å². The zero-order valence-corrected chi connectivity index (χ0v) is 22.8. The third-order valence-electron chi connectivity index (χ3n) is 6.27. The summed E-state index contributed by atoms with van der Waals surface area (Å²) in [6.07, 6.45) is 1.86. The molecule has 0 bridgehead atoms. The van der Waals surface area contributed by atoms with Crippen molar-refractivity contribution in [2.45, 2.75) is 38.1 Å². The third kappa shape index (κ3) is 6.01. The number of carbonyl (C=O) groups excluding carboxylic acids is 2. The van der Waals surface area contributed by atoms with Crippen molar-refractivity contribution in [3.05, 3.63) is 58.4 Å². The van der Waals surface area contributed by atoms with Crippen LogP contribution in [0.3, 0.4) is 0 Å². The van der Waals surface area contributed by atoms with Gasteiger partial charge in [0.15, 0.2) is 4.80 Å². The van der Waals surface area contributed by atoms with Gasteiger partial charge in [0.2, 0.25) is 10.0 Å². The van der Waals surface area contributed by atoms with Crippen LogP contribution in [0.1, 0.15) is 47.4 Å². The van der Waals surface area contributed by atoms with E-state index in [1.807, 2.05) is 4.57 Å². The highest BCUT2D eigenvalue weighted by Gasteiger charge is 2.28. The molecule has 0 N–H and O–H groups in total. The van der Waals surface area contributed by atoms with Crippen LogP contribution in [0.2, 0.25) is 0 Å². The van der Waals surface area contributed by atoms with Gasteiger partial charge in [0.25, 0.3) is 5.91 Å². The minimum Gasteiger partial charge on any atom is -0.462 e. The normalized spacial score (nSPS) is 17.3. The van der Waals surface area contributed by atoms with Gasteiger partial charge in [-0.3, -0.25) is 4.79 Å². The molecule has 0 radical (unpaired) electrons. The first-order valence-corrected chi connectivity index (χ1v) is 14.5. The molecular weight excluding hydrogens is 514 g/mol. The number of sulfonamides is 1. The van der Waals surface area contributed by atoms with Crippen LogP contribution in [0.15, 0.2) is 52.4 Å². The number of thiazole rings is 1. The topological polar surface area (TPSA) is 107 Å². The molecule has 11 heteroatoms. The highest BCUT2D eigenvalue weighted by Crippen LogP contribution is 2.24. The second-order valence-electron chi connectivity index (χ2n) is 8.98. The summed E-state index contributed by atoms with van der Waals surface area (Å²) in [6, 6.07) is 11.1. The molecule has 1 unspecified atom stereocenters. The van der Waals surface area contributed by atoms with Crippen LogP contribution in [-0.4, -0.2) is 62.6 Å². The summed E-state index contributed by atoms with van der Waals surface area (Å²) in [7, 11) is -2.01. The van der Waals surface area contributed by atoms with Gasteiger partial charge in [-0.05, 0) is 68.1 Å². The van der Waals surface area contributed by atoms with Crippen LogP contribution < -0.4 is 4.80 Å². The number of rotatable bonds is 8. The van der Waals surface area contributed by atoms with E-state index in [1.54, 1.807) is 32.2 Å². The van der Waals surface area contributed by atoms with Crippen molar-refractivity contribution < 1.29 is 27.5 Å². The van der Waals surface area contributed by atoms with Gasteiger partial charge in [-0.25, -0.2) is 13.2 Å². The quantitative estimate of drug-likeness (QED) is 0.400. The fourth-order valence-electron chi connectivity index (χ4n) is 4.33. The van der Waals surface area contributed by atoms with Crippen molar-refractivity contribution in [3.63, 3.8) is 0 Å². The number of nitrogens with zero attached hydrogens (tertiary/aromatic N) is 3. The van der Waals surface area contributed by atoms with E-state index in [-0.39, 0.29) is 17.1 Å². The van der Waals surface area contributed by atoms with Crippen LogP contribution >= 0.6 is 11.3 Å². The highest BCUT2D eigenvalue weighted by atomic mass is 32.2. The Bertz CT molecular complexity index is 1460. The minimum atomic E-state index is -3.61. The maximum atomic E-state index is 13.0. The molecule has 0 saturated carbocycles. The van der Waals surface area contributed by atoms with E-state index >= 15 is 0 Å². The molecule has 37 heavy (non-hydrogen) atoms. The standard InChI is InChI=1S/C26H31N3O6S2/c1-4-35-25(31)20-9-12-22-23(16-20)36-26(29(22)14-15-34-3)27-24(30)19-7-10-21(11-8-19)37(32,33)28-13-5-6-18(2)17-28/h7-12,16,18H,4-6,13-15,17H2,1-3H3. The molecule has 0 aliphatic carbocycles. The Hall–Kier alpha value is -2.86. The second-order valence-corrected chi connectivity index (χ2v) is 11.9. The predicted molar refractivity (Wildman–Crippen MR) is 141 cm³/mol. The van der Waals surface area contributed by atoms with Gasteiger partial charge in [-0.2, -0.15) is 9.30 Å². The molecule has 2 heterocycles. The molecule has 9 nitrogen and oxygen atoms in total. The third-order valence-corrected chi connectivity index (χ3v) is 9.19. The molecule has 3 aromatic rings. The van der Waals surface area contributed by atoms with Gasteiger partial charge in [0.1, 0.15) is 0 Å². The highest BCUT2D eigenvalue weighted by molar-refractivity contribution is 7.89. The Kier molecular flexibility index (Phi) is 8.58. The summed E-state index contributed by atoms with van der Waals surface area (Å²) in [5.41, 5.74) is 1.53. The minimum absolute atomic E-state index is 0.168. The smallest absolute Gasteiger partial charge is 0.338 e. The number of hydrogen-bond acceptors (Lipinski definition) is 7. The summed E-state index contributed by atoms with van der Waals surface area (Å²) in [5.74, 6) is -0.577. The van der Waals surface area contributed by atoms with Gasteiger partial charge >= 0.3 is 5.97 Å². The summed E-state index contributed by atoms with van der Waals surface area (Å²) in [4.78, 5) is 30.2. The fraction of sp³-hybridized carbons (Fsp3) is 0.423. The second kappa shape index (κ2) is 11.7. The average molecular weight is 546 g/mol. The van der Waals surface area contributed by atoms with E-state index < -0.39 is 21.9 Å². The molecule has 2 aromatic carbocycles. The van der Waals surface area contributed by atoms with Gasteiger partial charge in [-0.1, -0.05) is 18.3 Å². The molecule has 1 aliphatic rings. The lowest BCUT2D eigenvalue weighted by Crippen LogP contribution is -2.39. The van der Waals surface area contributed by atoms with E-state index in [4.69, 9.17) is 9.47 Å². The molecule has 198 valence electrons. The number of aromatic nitrogens is 1. The summed E-state index contributed by atoms with van der Waals surface area (Å²) < 4.78 is 40.6. The Morgan fingerprint density at radius 2 is 1.86 bits per heavy atom. The van der Waals surface area contributed by atoms with Crippen LogP contribution in [0.4, 0.5) is 0 Å². The number of piperidine rings is 1. The summed E-state index contributed by atoms with van der Waals surface area (Å²) in [6.45, 7) is 5.97. The van der Waals surface area contributed by atoms with Gasteiger partial charge < -0.3 is 14.0 Å².